The molecule has 0 bridgehead atoms. The van der Waals surface area contributed by atoms with E-state index in [2.05, 4.69) is 44.8 Å². The number of nitrogens with one attached hydrogen (secondary N) is 1. The third kappa shape index (κ3) is 6.43. The Balaban J connectivity index is 1.83. The van der Waals surface area contributed by atoms with Gasteiger partial charge in [-0.2, -0.15) is 0 Å². The van der Waals surface area contributed by atoms with Crippen LogP contribution >= 0.6 is 0 Å². The van der Waals surface area contributed by atoms with Crippen molar-refractivity contribution in [3.8, 4) is 0 Å². The Bertz CT molecular complexity index is 584. The van der Waals surface area contributed by atoms with Crippen molar-refractivity contribution in [3.05, 3.63) is 35.6 Å². The second-order valence-corrected chi connectivity index (χ2v) is 9.25. The summed E-state index contributed by atoms with van der Waals surface area (Å²) < 4.78 is 13.8. The first kappa shape index (κ1) is 19.9. The summed E-state index contributed by atoms with van der Waals surface area (Å²) in [6.07, 6.45) is 2.62. The van der Waals surface area contributed by atoms with E-state index in [-0.39, 0.29) is 28.6 Å². The van der Waals surface area contributed by atoms with Gasteiger partial charge in [-0.3, -0.25) is 9.69 Å². The van der Waals surface area contributed by atoms with Crippen molar-refractivity contribution in [2.75, 3.05) is 13.1 Å². The van der Waals surface area contributed by atoms with E-state index in [9.17, 15) is 9.18 Å². The van der Waals surface area contributed by atoms with Gasteiger partial charge >= 0.3 is 0 Å². The lowest BCUT2D eigenvalue weighted by atomic mass is 9.81. The van der Waals surface area contributed by atoms with Crippen molar-refractivity contribution in [3.63, 3.8) is 0 Å². The third-order valence-corrected chi connectivity index (χ3v) is 4.74. The average molecular weight is 349 g/mol. The Morgan fingerprint density at radius 3 is 2.32 bits per heavy atom. The van der Waals surface area contributed by atoms with Crippen LogP contribution in [0, 0.1) is 17.2 Å². The molecular formula is C21H33FN2O. The molecule has 140 valence electrons. The van der Waals surface area contributed by atoms with Crippen LogP contribution in [-0.4, -0.2) is 29.4 Å². The predicted molar refractivity (Wildman–Crippen MR) is 101 cm³/mol. The number of hydrogen-bond donors (Lipinski definition) is 1. The second kappa shape index (κ2) is 7.86. The first-order valence-electron chi connectivity index (χ1n) is 9.33. The summed E-state index contributed by atoms with van der Waals surface area (Å²) in [6, 6.07) is 6.93. The highest BCUT2D eigenvalue weighted by Gasteiger charge is 2.31. The Morgan fingerprint density at radius 1 is 1.16 bits per heavy atom. The lowest BCUT2D eigenvalue weighted by Gasteiger charge is -2.36. The van der Waals surface area contributed by atoms with Crippen molar-refractivity contribution < 1.29 is 9.18 Å². The van der Waals surface area contributed by atoms with Gasteiger partial charge in [-0.15, -0.1) is 0 Å². The highest BCUT2D eigenvalue weighted by atomic mass is 19.1. The van der Waals surface area contributed by atoms with Gasteiger partial charge in [-0.05, 0) is 57.7 Å². The fraction of sp³-hybridized carbons (Fsp3) is 0.667. The number of benzene rings is 1. The maximum absolute atomic E-state index is 13.8. The van der Waals surface area contributed by atoms with Crippen LogP contribution in [0.4, 0.5) is 4.39 Å². The van der Waals surface area contributed by atoms with E-state index in [0.29, 0.717) is 6.54 Å². The van der Waals surface area contributed by atoms with Gasteiger partial charge in [0.2, 0.25) is 5.91 Å². The molecule has 1 amide bonds. The van der Waals surface area contributed by atoms with Crippen LogP contribution in [0.2, 0.25) is 0 Å². The van der Waals surface area contributed by atoms with Gasteiger partial charge in [-0.25, -0.2) is 4.39 Å². The SMILES string of the molecule is CC(C)(C)CC(C)(C)NC(=O)C1CCN(Cc2ccccc2F)CC1. The van der Waals surface area contributed by atoms with Gasteiger partial charge in [0.05, 0.1) is 0 Å². The largest absolute Gasteiger partial charge is 0.351 e. The number of carbonyl (C=O) groups is 1. The minimum atomic E-state index is -0.195. The summed E-state index contributed by atoms with van der Waals surface area (Å²) in [6.45, 7) is 13.1. The Morgan fingerprint density at radius 2 is 1.76 bits per heavy atom. The molecule has 1 N–H and O–H groups in total. The van der Waals surface area contributed by atoms with Crippen molar-refractivity contribution in [1.29, 1.82) is 0 Å². The molecule has 1 fully saturated rings. The lowest BCUT2D eigenvalue weighted by Crippen LogP contribution is -2.49. The summed E-state index contributed by atoms with van der Waals surface area (Å²) in [5.41, 5.74) is 0.719. The normalized spacial score (nSPS) is 17.5. The molecule has 0 aromatic heterocycles. The molecule has 1 aliphatic heterocycles. The minimum Gasteiger partial charge on any atom is -0.351 e. The smallest absolute Gasteiger partial charge is 0.223 e. The Labute approximate surface area is 152 Å². The number of nitrogens with zero attached hydrogens (tertiary/aromatic N) is 1. The number of carbonyl (C=O) groups excluding carboxylic acids is 1. The molecule has 3 nitrogen and oxygen atoms in total. The zero-order valence-corrected chi connectivity index (χ0v) is 16.4. The highest BCUT2D eigenvalue weighted by Crippen LogP contribution is 2.28. The van der Waals surface area contributed by atoms with Crippen molar-refractivity contribution in [2.45, 2.75) is 66.0 Å². The van der Waals surface area contributed by atoms with E-state index < -0.39 is 0 Å². The molecule has 1 heterocycles. The molecular weight excluding hydrogens is 315 g/mol. The summed E-state index contributed by atoms with van der Waals surface area (Å²) in [5, 5.41) is 3.24. The van der Waals surface area contributed by atoms with Crippen LogP contribution < -0.4 is 5.32 Å². The quantitative estimate of drug-likeness (QED) is 0.857. The van der Waals surface area contributed by atoms with Gasteiger partial charge in [0, 0.05) is 23.6 Å². The molecule has 1 aliphatic rings. The van der Waals surface area contributed by atoms with Gasteiger partial charge in [0.15, 0.2) is 0 Å². The monoisotopic (exact) mass is 348 g/mol. The number of hydrogen-bond acceptors (Lipinski definition) is 2. The van der Waals surface area contributed by atoms with Crippen LogP contribution in [0.15, 0.2) is 24.3 Å². The van der Waals surface area contributed by atoms with Gasteiger partial charge < -0.3 is 5.32 Å². The van der Waals surface area contributed by atoms with E-state index in [0.717, 1.165) is 37.9 Å². The van der Waals surface area contributed by atoms with E-state index in [4.69, 9.17) is 0 Å². The van der Waals surface area contributed by atoms with E-state index >= 15 is 0 Å². The Kier molecular flexibility index (Phi) is 6.26. The fourth-order valence-corrected chi connectivity index (χ4v) is 4.03. The Hall–Kier alpha value is -1.42. The molecule has 0 radical (unpaired) electrons. The van der Waals surface area contributed by atoms with Gasteiger partial charge in [0.25, 0.3) is 0 Å². The molecule has 2 rings (SSSR count). The van der Waals surface area contributed by atoms with E-state index in [1.165, 1.54) is 6.07 Å². The average Bonchev–Trinajstić information content (AvgIpc) is 2.47. The van der Waals surface area contributed by atoms with Crippen molar-refractivity contribution in [2.24, 2.45) is 11.3 Å². The van der Waals surface area contributed by atoms with E-state index in [1.54, 1.807) is 6.07 Å². The van der Waals surface area contributed by atoms with Crippen LogP contribution in [0.3, 0.4) is 0 Å². The summed E-state index contributed by atoms with van der Waals surface area (Å²) in [4.78, 5) is 14.9. The number of piperidine rings is 1. The second-order valence-electron chi connectivity index (χ2n) is 9.25. The summed E-state index contributed by atoms with van der Waals surface area (Å²) in [5.74, 6) is 0.0854. The third-order valence-electron chi connectivity index (χ3n) is 4.74. The minimum absolute atomic E-state index is 0.0658. The molecule has 0 aliphatic carbocycles. The van der Waals surface area contributed by atoms with Crippen LogP contribution in [0.1, 0.15) is 59.4 Å². The molecule has 0 spiro atoms. The molecule has 1 aromatic carbocycles. The van der Waals surface area contributed by atoms with Crippen LogP contribution in [0.25, 0.3) is 0 Å². The topological polar surface area (TPSA) is 32.3 Å². The first-order valence-corrected chi connectivity index (χ1v) is 9.33. The molecule has 0 unspecified atom stereocenters. The number of rotatable bonds is 5. The fourth-order valence-electron chi connectivity index (χ4n) is 4.03. The molecule has 1 saturated heterocycles. The molecule has 25 heavy (non-hydrogen) atoms. The summed E-state index contributed by atoms with van der Waals surface area (Å²) in [7, 11) is 0. The zero-order chi connectivity index (χ0) is 18.7. The van der Waals surface area contributed by atoms with Crippen LogP contribution in [-0.2, 0) is 11.3 Å². The number of likely N-dealkylation sites (tertiary alicyclic amines) is 1. The van der Waals surface area contributed by atoms with Gasteiger partial charge in [0.1, 0.15) is 5.82 Å². The van der Waals surface area contributed by atoms with Crippen LogP contribution in [0.5, 0.6) is 0 Å². The van der Waals surface area contributed by atoms with Gasteiger partial charge in [-0.1, -0.05) is 39.0 Å². The van der Waals surface area contributed by atoms with Crippen molar-refractivity contribution >= 4 is 5.91 Å². The van der Waals surface area contributed by atoms with E-state index in [1.807, 2.05) is 12.1 Å². The summed E-state index contributed by atoms with van der Waals surface area (Å²) >= 11 is 0. The molecule has 1 aromatic rings. The lowest BCUT2D eigenvalue weighted by molar-refractivity contribution is -0.128. The van der Waals surface area contributed by atoms with Crippen molar-refractivity contribution in [1.82, 2.24) is 10.2 Å². The molecule has 0 saturated carbocycles. The first-order chi connectivity index (χ1) is 11.6. The zero-order valence-electron chi connectivity index (χ0n) is 16.4. The predicted octanol–water partition coefficient (Wildman–Crippen LogP) is 4.37. The standard InChI is InChI=1S/C21H33FN2O/c1-20(2,3)15-21(4,5)23-19(25)16-10-12-24(13-11-16)14-17-8-6-7-9-18(17)22/h6-9,16H,10-15H2,1-5H3,(H,23,25). The highest BCUT2D eigenvalue weighted by molar-refractivity contribution is 5.79. The maximum Gasteiger partial charge on any atom is 0.223 e. The maximum atomic E-state index is 13.8. The number of amides is 1. The molecule has 4 heteroatoms. The molecule has 0 atom stereocenters. The number of halogens is 1.